The van der Waals surface area contributed by atoms with Crippen LogP contribution in [0.3, 0.4) is 0 Å². The first-order valence-electron chi connectivity index (χ1n) is 11.5. The number of aliphatic hydroxyl groups is 4. The standard InChI is InChI=1S/C24H30O9/c1-24(2)8-7-11-9-14-12-5-3-4-6-13(12)22(29)31-20(14)21(19(11)33-24)32-23-18(28)17(27)16(26)15(10-25)30-23/h9,15-18,23,25-28H,3-8,10H2,1-2H3/t15-,16+,17+,18-,23-/m1/s1. The highest BCUT2D eigenvalue weighted by molar-refractivity contribution is 5.90. The van der Waals surface area contributed by atoms with E-state index < -0.39 is 48.5 Å². The summed E-state index contributed by atoms with van der Waals surface area (Å²) in [6.07, 6.45) is -2.44. The van der Waals surface area contributed by atoms with Crippen LogP contribution in [0.1, 0.15) is 49.8 Å². The number of hydrogen-bond acceptors (Lipinski definition) is 9. The first-order valence-corrected chi connectivity index (χ1v) is 11.5. The molecule has 2 aliphatic heterocycles. The minimum absolute atomic E-state index is 0.116. The van der Waals surface area contributed by atoms with Crippen molar-refractivity contribution in [2.45, 2.75) is 88.7 Å². The van der Waals surface area contributed by atoms with Crippen molar-refractivity contribution >= 4 is 11.0 Å². The smallest absolute Gasteiger partial charge is 0.339 e. The van der Waals surface area contributed by atoms with Gasteiger partial charge < -0.3 is 39.1 Å². The third kappa shape index (κ3) is 3.81. The quantitative estimate of drug-likeness (QED) is 0.491. The Kier molecular flexibility index (Phi) is 5.65. The highest BCUT2D eigenvalue weighted by atomic mass is 16.7. The van der Waals surface area contributed by atoms with E-state index >= 15 is 0 Å². The van der Waals surface area contributed by atoms with Crippen molar-refractivity contribution in [3.05, 3.63) is 33.2 Å². The number of benzene rings is 1. The van der Waals surface area contributed by atoms with Crippen molar-refractivity contribution in [1.29, 1.82) is 0 Å². The predicted octanol–water partition coefficient (Wildman–Crippen LogP) is 0.954. The van der Waals surface area contributed by atoms with Gasteiger partial charge in [0.05, 0.1) is 6.61 Å². The maximum absolute atomic E-state index is 12.8. The minimum Gasteiger partial charge on any atom is -0.484 e. The van der Waals surface area contributed by atoms with Crippen LogP contribution in [-0.4, -0.2) is 63.3 Å². The van der Waals surface area contributed by atoms with E-state index in [9.17, 15) is 25.2 Å². The van der Waals surface area contributed by atoms with Gasteiger partial charge in [0, 0.05) is 10.9 Å². The van der Waals surface area contributed by atoms with Crippen LogP contribution in [-0.2, 0) is 24.0 Å². The van der Waals surface area contributed by atoms with Crippen molar-refractivity contribution in [3.63, 3.8) is 0 Å². The molecule has 0 unspecified atom stereocenters. The third-order valence-electron chi connectivity index (χ3n) is 6.96. The molecule has 0 spiro atoms. The molecule has 1 aromatic heterocycles. The average Bonchev–Trinajstić information content (AvgIpc) is 2.79. The Morgan fingerprint density at radius 2 is 1.79 bits per heavy atom. The first-order chi connectivity index (χ1) is 15.7. The zero-order chi connectivity index (χ0) is 23.5. The maximum Gasteiger partial charge on any atom is 0.339 e. The fraction of sp³-hybridized carbons (Fsp3) is 0.625. The molecule has 1 aliphatic carbocycles. The summed E-state index contributed by atoms with van der Waals surface area (Å²) in [6, 6.07) is 1.99. The maximum atomic E-state index is 12.8. The summed E-state index contributed by atoms with van der Waals surface area (Å²) < 4.78 is 23.6. The van der Waals surface area contributed by atoms with E-state index in [1.807, 2.05) is 19.9 Å². The molecule has 0 amide bonds. The number of rotatable bonds is 3. The van der Waals surface area contributed by atoms with E-state index in [4.69, 9.17) is 18.6 Å². The van der Waals surface area contributed by atoms with Gasteiger partial charge in [-0.15, -0.1) is 0 Å². The van der Waals surface area contributed by atoms with E-state index in [1.165, 1.54) is 0 Å². The number of aliphatic hydroxyl groups excluding tert-OH is 4. The summed E-state index contributed by atoms with van der Waals surface area (Å²) >= 11 is 0. The Bertz CT molecular complexity index is 1120. The summed E-state index contributed by atoms with van der Waals surface area (Å²) in [5.41, 5.74) is 1.80. The molecule has 2 aromatic rings. The fourth-order valence-electron chi connectivity index (χ4n) is 5.03. The molecule has 3 heterocycles. The molecule has 9 nitrogen and oxygen atoms in total. The molecular weight excluding hydrogens is 432 g/mol. The number of fused-ring (bicyclic) bond motifs is 4. The fourth-order valence-corrected chi connectivity index (χ4v) is 5.03. The molecule has 0 radical (unpaired) electrons. The summed E-state index contributed by atoms with van der Waals surface area (Å²) in [4.78, 5) is 12.8. The molecule has 9 heteroatoms. The van der Waals surface area contributed by atoms with Crippen LogP contribution in [0.25, 0.3) is 11.0 Å². The Morgan fingerprint density at radius 1 is 1.06 bits per heavy atom. The second-order valence-corrected chi connectivity index (χ2v) is 9.80. The highest BCUT2D eigenvalue weighted by Crippen LogP contribution is 2.47. The van der Waals surface area contributed by atoms with Gasteiger partial charge in [0.15, 0.2) is 11.3 Å². The van der Waals surface area contributed by atoms with Gasteiger partial charge in [-0.1, -0.05) is 0 Å². The van der Waals surface area contributed by atoms with E-state index in [0.29, 0.717) is 17.7 Å². The molecule has 5 atom stereocenters. The van der Waals surface area contributed by atoms with Crippen LogP contribution in [0.5, 0.6) is 11.5 Å². The lowest BCUT2D eigenvalue weighted by Crippen LogP contribution is -2.60. The second-order valence-electron chi connectivity index (χ2n) is 9.80. The van der Waals surface area contributed by atoms with E-state index in [1.54, 1.807) is 0 Å². The molecule has 0 bridgehead atoms. The summed E-state index contributed by atoms with van der Waals surface area (Å²) in [5.74, 6) is 0.514. The Morgan fingerprint density at radius 3 is 2.52 bits per heavy atom. The largest absolute Gasteiger partial charge is 0.484 e. The van der Waals surface area contributed by atoms with Crippen LogP contribution < -0.4 is 15.1 Å². The van der Waals surface area contributed by atoms with Crippen molar-refractivity contribution in [1.82, 2.24) is 0 Å². The molecule has 1 saturated heterocycles. The highest BCUT2D eigenvalue weighted by Gasteiger charge is 2.46. The Balaban J connectivity index is 1.68. The van der Waals surface area contributed by atoms with Crippen molar-refractivity contribution < 1.29 is 39.1 Å². The van der Waals surface area contributed by atoms with Crippen molar-refractivity contribution in [2.24, 2.45) is 0 Å². The van der Waals surface area contributed by atoms with Crippen LogP contribution in [0.15, 0.2) is 15.3 Å². The Labute approximate surface area is 190 Å². The van der Waals surface area contributed by atoms with Gasteiger partial charge in [0.1, 0.15) is 30.0 Å². The van der Waals surface area contributed by atoms with E-state index in [2.05, 4.69) is 0 Å². The van der Waals surface area contributed by atoms with E-state index in [-0.39, 0.29) is 11.3 Å². The molecular formula is C24H30O9. The number of hydrogen-bond donors (Lipinski definition) is 4. The van der Waals surface area contributed by atoms with E-state index in [0.717, 1.165) is 48.6 Å². The minimum atomic E-state index is -1.60. The van der Waals surface area contributed by atoms with Gasteiger partial charge >= 0.3 is 5.63 Å². The lowest BCUT2D eigenvalue weighted by molar-refractivity contribution is -0.277. The van der Waals surface area contributed by atoms with Crippen molar-refractivity contribution in [3.8, 4) is 11.5 Å². The summed E-state index contributed by atoms with van der Waals surface area (Å²) in [6.45, 7) is 3.31. The third-order valence-corrected chi connectivity index (χ3v) is 6.96. The van der Waals surface area contributed by atoms with Gasteiger partial charge in [0.2, 0.25) is 12.0 Å². The van der Waals surface area contributed by atoms with Gasteiger partial charge in [-0.05, 0) is 69.6 Å². The van der Waals surface area contributed by atoms with Crippen LogP contribution in [0.4, 0.5) is 0 Å². The molecule has 4 N–H and O–H groups in total. The average molecular weight is 462 g/mol. The molecule has 180 valence electrons. The first kappa shape index (κ1) is 22.6. The van der Waals surface area contributed by atoms with Crippen LogP contribution >= 0.6 is 0 Å². The molecule has 1 fully saturated rings. The molecule has 3 aliphatic rings. The number of ether oxygens (including phenoxy) is 3. The van der Waals surface area contributed by atoms with Gasteiger partial charge in [-0.25, -0.2) is 4.79 Å². The predicted molar refractivity (Wildman–Crippen MR) is 117 cm³/mol. The van der Waals surface area contributed by atoms with Gasteiger partial charge in [-0.2, -0.15) is 0 Å². The Hall–Kier alpha value is -2.17. The second kappa shape index (κ2) is 8.25. The molecule has 5 rings (SSSR count). The molecule has 0 saturated carbocycles. The molecule has 33 heavy (non-hydrogen) atoms. The normalized spacial score (nSPS) is 30.9. The topological polar surface area (TPSA) is 139 Å². The monoisotopic (exact) mass is 462 g/mol. The van der Waals surface area contributed by atoms with Crippen LogP contribution in [0, 0.1) is 0 Å². The lowest BCUT2D eigenvalue weighted by atomic mass is 9.88. The summed E-state index contributed by atoms with van der Waals surface area (Å²) in [5, 5.41) is 41.2. The molecule has 1 aromatic carbocycles. The van der Waals surface area contributed by atoms with Gasteiger partial charge in [-0.3, -0.25) is 0 Å². The zero-order valence-corrected chi connectivity index (χ0v) is 18.7. The zero-order valence-electron chi connectivity index (χ0n) is 18.7. The van der Waals surface area contributed by atoms with Crippen LogP contribution in [0.2, 0.25) is 0 Å². The van der Waals surface area contributed by atoms with Crippen molar-refractivity contribution in [2.75, 3.05) is 6.61 Å². The summed E-state index contributed by atoms with van der Waals surface area (Å²) in [7, 11) is 0. The SMILES string of the molecule is CC1(C)CCc2cc3c4c(c(=O)oc3c(O[C@H]3O[C@H](CO)[C@H](O)[C@H](O)[C@H]3O)c2O1)CCCC4. The number of aryl methyl sites for hydroxylation is 2. The van der Waals surface area contributed by atoms with Gasteiger partial charge in [0.25, 0.3) is 0 Å². The lowest BCUT2D eigenvalue weighted by Gasteiger charge is -2.40.